The zero-order valence-corrected chi connectivity index (χ0v) is 11.6. The van der Waals surface area contributed by atoms with Crippen molar-refractivity contribution in [3.8, 4) is 0 Å². The number of nitrogens with one attached hydrogen (secondary N) is 2. The van der Waals surface area contributed by atoms with Gasteiger partial charge in [0.1, 0.15) is 6.10 Å². The number of nitrogens with zero attached hydrogens (tertiary/aromatic N) is 1. The van der Waals surface area contributed by atoms with Gasteiger partial charge in [-0.1, -0.05) is 0 Å². The van der Waals surface area contributed by atoms with Crippen molar-refractivity contribution < 1.29 is 19.9 Å². The maximum atomic E-state index is 11.4. The average Bonchev–Trinajstić information content (AvgIpc) is 2.37. The third-order valence-corrected chi connectivity index (χ3v) is 3.04. The van der Waals surface area contributed by atoms with E-state index in [0.29, 0.717) is 0 Å². The molecule has 1 rings (SSSR count). The Morgan fingerprint density at radius 3 is 2.67 bits per heavy atom. The van der Waals surface area contributed by atoms with E-state index in [9.17, 15) is 29.9 Å². The van der Waals surface area contributed by atoms with E-state index < -0.39 is 28.4 Å². The molecule has 1 heterocycles. The first-order chi connectivity index (χ1) is 9.75. The van der Waals surface area contributed by atoms with Gasteiger partial charge in [0.05, 0.1) is 11.0 Å². The van der Waals surface area contributed by atoms with Crippen LogP contribution in [0, 0.1) is 17.0 Å². The molecule has 0 spiro atoms. The van der Waals surface area contributed by atoms with Crippen molar-refractivity contribution in [1.29, 1.82) is 0 Å². The first-order valence-corrected chi connectivity index (χ1v) is 6.22. The van der Waals surface area contributed by atoms with E-state index in [-0.39, 0.29) is 30.0 Å². The summed E-state index contributed by atoms with van der Waals surface area (Å²) in [6.07, 6.45) is -1.44. The monoisotopic (exact) mass is 299 g/mol. The standard InChI is InChI=1S/C12H17N3O6/c1-6-8(5-14-12(19)10(6)15(20)21)11(18)9(17)3-4-13-7(2)16/h5,9,11,17-18H,3-4H2,1-2H3,(H,13,16)(H,14,19). The molecule has 2 atom stereocenters. The largest absolute Gasteiger partial charge is 0.390 e. The normalized spacial score (nSPS) is 13.5. The summed E-state index contributed by atoms with van der Waals surface area (Å²) >= 11 is 0. The number of hydrogen-bond acceptors (Lipinski definition) is 6. The van der Waals surface area contributed by atoms with Crippen molar-refractivity contribution in [2.75, 3.05) is 6.54 Å². The van der Waals surface area contributed by atoms with E-state index in [2.05, 4.69) is 10.3 Å². The van der Waals surface area contributed by atoms with Crippen molar-refractivity contribution in [1.82, 2.24) is 10.3 Å². The molecule has 9 heteroatoms. The lowest BCUT2D eigenvalue weighted by Crippen LogP contribution is -2.28. The fourth-order valence-corrected chi connectivity index (χ4v) is 1.92. The summed E-state index contributed by atoms with van der Waals surface area (Å²) in [4.78, 5) is 34.2. The number of aromatic nitrogens is 1. The van der Waals surface area contributed by atoms with Gasteiger partial charge in [0.25, 0.3) is 0 Å². The Labute approximate surface area is 119 Å². The molecule has 1 aromatic heterocycles. The Hall–Kier alpha value is -2.26. The summed E-state index contributed by atoms with van der Waals surface area (Å²) in [6, 6.07) is 0. The van der Waals surface area contributed by atoms with Gasteiger partial charge in [-0.05, 0) is 13.3 Å². The zero-order valence-electron chi connectivity index (χ0n) is 11.6. The summed E-state index contributed by atoms with van der Waals surface area (Å²) < 4.78 is 0. The van der Waals surface area contributed by atoms with Crippen LogP contribution >= 0.6 is 0 Å². The summed E-state index contributed by atoms with van der Waals surface area (Å²) in [7, 11) is 0. The van der Waals surface area contributed by atoms with Crippen LogP contribution in [0.3, 0.4) is 0 Å². The summed E-state index contributed by atoms with van der Waals surface area (Å²) in [6.45, 7) is 2.79. The number of aromatic amines is 1. The molecule has 1 amide bonds. The number of rotatable bonds is 6. The molecule has 0 saturated carbocycles. The minimum Gasteiger partial charge on any atom is -0.390 e. The smallest absolute Gasteiger partial charge is 0.337 e. The Morgan fingerprint density at radius 1 is 1.52 bits per heavy atom. The van der Waals surface area contributed by atoms with E-state index in [1.807, 2.05) is 0 Å². The van der Waals surface area contributed by atoms with Gasteiger partial charge in [-0.25, -0.2) is 0 Å². The fraction of sp³-hybridized carbons (Fsp3) is 0.500. The summed E-state index contributed by atoms with van der Waals surface area (Å²) in [5, 5.41) is 33.2. The lowest BCUT2D eigenvalue weighted by molar-refractivity contribution is -0.387. The minimum absolute atomic E-state index is 0.00479. The van der Waals surface area contributed by atoms with E-state index in [1.54, 1.807) is 0 Å². The molecule has 0 aliphatic heterocycles. The molecule has 0 fully saturated rings. The average molecular weight is 299 g/mol. The number of aliphatic hydroxyl groups excluding tert-OH is 2. The number of aliphatic hydroxyl groups is 2. The number of carbonyl (C=O) groups excluding carboxylic acids is 1. The molecule has 0 aliphatic carbocycles. The zero-order chi connectivity index (χ0) is 16.2. The van der Waals surface area contributed by atoms with Gasteiger partial charge >= 0.3 is 11.2 Å². The SMILES string of the molecule is CC(=O)NCCC(O)C(O)c1c[nH]c(=O)c([N+](=O)[O-])c1C. The maximum absolute atomic E-state index is 11.4. The highest BCUT2D eigenvalue weighted by molar-refractivity contribution is 5.72. The van der Waals surface area contributed by atoms with Gasteiger partial charge in [-0.15, -0.1) is 0 Å². The summed E-state index contributed by atoms with van der Waals surface area (Å²) in [5.41, 5.74) is -1.48. The van der Waals surface area contributed by atoms with Crippen LogP contribution in [0.5, 0.6) is 0 Å². The maximum Gasteiger partial charge on any atom is 0.337 e. The fourth-order valence-electron chi connectivity index (χ4n) is 1.92. The third-order valence-electron chi connectivity index (χ3n) is 3.04. The quantitative estimate of drug-likeness (QED) is 0.412. The van der Waals surface area contributed by atoms with Crippen LogP contribution in [0.15, 0.2) is 11.0 Å². The van der Waals surface area contributed by atoms with E-state index in [4.69, 9.17) is 0 Å². The van der Waals surface area contributed by atoms with Crippen LogP contribution in [0.4, 0.5) is 5.69 Å². The third kappa shape index (κ3) is 4.10. The topological polar surface area (TPSA) is 146 Å². The van der Waals surface area contributed by atoms with Gasteiger partial charge < -0.3 is 20.5 Å². The van der Waals surface area contributed by atoms with Gasteiger partial charge in [-0.3, -0.25) is 19.7 Å². The molecule has 0 aromatic carbocycles. The van der Waals surface area contributed by atoms with Crippen LogP contribution in [-0.4, -0.2) is 38.7 Å². The minimum atomic E-state index is -1.41. The highest BCUT2D eigenvalue weighted by Crippen LogP contribution is 2.25. The number of H-pyrrole nitrogens is 1. The van der Waals surface area contributed by atoms with E-state index >= 15 is 0 Å². The number of carbonyl (C=O) groups is 1. The van der Waals surface area contributed by atoms with Crippen LogP contribution in [0.25, 0.3) is 0 Å². The second-order valence-electron chi connectivity index (χ2n) is 4.59. The number of amides is 1. The second-order valence-corrected chi connectivity index (χ2v) is 4.59. The van der Waals surface area contributed by atoms with Crippen molar-refractivity contribution >= 4 is 11.6 Å². The first-order valence-electron chi connectivity index (χ1n) is 6.22. The molecular weight excluding hydrogens is 282 g/mol. The molecule has 1 aromatic rings. The number of pyridine rings is 1. The molecule has 0 saturated heterocycles. The van der Waals surface area contributed by atoms with Crippen molar-refractivity contribution in [3.05, 3.63) is 37.8 Å². The molecule has 2 unspecified atom stereocenters. The van der Waals surface area contributed by atoms with Crippen LogP contribution in [-0.2, 0) is 4.79 Å². The molecule has 21 heavy (non-hydrogen) atoms. The highest BCUT2D eigenvalue weighted by Gasteiger charge is 2.26. The van der Waals surface area contributed by atoms with Crippen LogP contribution in [0.2, 0.25) is 0 Å². The molecule has 0 bridgehead atoms. The van der Waals surface area contributed by atoms with Gasteiger partial charge in [0, 0.05) is 30.8 Å². The Kier molecular flexibility index (Phi) is 5.56. The predicted octanol–water partition coefficient (Wildman–Crippen LogP) is -0.488. The van der Waals surface area contributed by atoms with Crippen molar-refractivity contribution in [2.24, 2.45) is 0 Å². The molecule has 116 valence electrons. The van der Waals surface area contributed by atoms with Gasteiger partial charge in [0.2, 0.25) is 5.91 Å². The van der Waals surface area contributed by atoms with Crippen LogP contribution < -0.4 is 10.9 Å². The Morgan fingerprint density at radius 2 is 2.14 bits per heavy atom. The molecule has 9 nitrogen and oxygen atoms in total. The predicted molar refractivity (Wildman–Crippen MR) is 72.7 cm³/mol. The van der Waals surface area contributed by atoms with Crippen LogP contribution in [0.1, 0.15) is 30.6 Å². The number of nitro groups is 1. The highest BCUT2D eigenvalue weighted by atomic mass is 16.6. The van der Waals surface area contributed by atoms with Crippen molar-refractivity contribution in [2.45, 2.75) is 32.5 Å². The molecule has 0 radical (unpaired) electrons. The Balaban J connectivity index is 2.94. The molecule has 4 N–H and O–H groups in total. The lowest BCUT2D eigenvalue weighted by Gasteiger charge is -2.19. The number of hydrogen-bond donors (Lipinski definition) is 4. The lowest BCUT2D eigenvalue weighted by atomic mass is 9.99. The Bertz CT molecular complexity index is 597. The first kappa shape index (κ1) is 16.8. The molecular formula is C12H17N3O6. The van der Waals surface area contributed by atoms with Gasteiger partial charge in [-0.2, -0.15) is 0 Å². The molecule has 0 aliphatic rings. The second kappa shape index (κ2) is 6.95. The van der Waals surface area contributed by atoms with E-state index in [0.717, 1.165) is 6.20 Å². The van der Waals surface area contributed by atoms with Crippen molar-refractivity contribution in [3.63, 3.8) is 0 Å². The van der Waals surface area contributed by atoms with Gasteiger partial charge in [0.15, 0.2) is 0 Å². The van der Waals surface area contributed by atoms with E-state index in [1.165, 1.54) is 13.8 Å². The summed E-state index contributed by atoms with van der Waals surface area (Å²) in [5.74, 6) is -0.271.